The maximum Gasteiger partial charge on any atom is 0.123 e. The van der Waals surface area contributed by atoms with E-state index in [0.717, 1.165) is 16.3 Å². The zero-order valence-electron chi connectivity index (χ0n) is 9.20. The van der Waals surface area contributed by atoms with Crippen LogP contribution in [-0.2, 0) is 0 Å². The van der Waals surface area contributed by atoms with Crippen molar-refractivity contribution in [2.24, 2.45) is 5.73 Å². The highest BCUT2D eigenvalue weighted by atomic mass is 35.5. The molecule has 0 amide bonds. The van der Waals surface area contributed by atoms with Gasteiger partial charge in [0.25, 0.3) is 0 Å². The monoisotopic (exact) mass is 269 g/mol. The zero-order valence-corrected chi connectivity index (χ0v) is 10.8. The maximum absolute atomic E-state index is 12.9. The molecule has 0 aliphatic carbocycles. The molecule has 0 saturated heterocycles. The standard InChI is InChI=1S/C13H13ClFNS/c14-13-6-5-12(17-13)11(7-8-16)9-1-3-10(15)4-2-9/h1-6,11H,7-8,16H2. The number of hydrogen-bond acceptors (Lipinski definition) is 2. The quantitative estimate of drug-likeness (QED) is 0.891. The van der Waals surface area contributed by atoms with Gasteiger partial charge in [-0.05, 0) is 42.8 Å². The van der Waals surface area contributed by atoms with Crippen molar-refractivity contribution < 1.29 is 4.39 Å². The van der Waals surface area contributed by atoms with E-state index in [4.69, 9.17) is 17.3 Å². The molecule has 1 heterocycles. The Morgan fingerprint density at radius 1 is 1.18 bits per heavy atom. The fraction of sp³-hybridized carbons (Fsp3) is 0.231. The van der Waals surface area contributed by atoms with Crippen LogP contribution in [0.1, 0.15) is 22.8 Å². The Bertz CT molecular complexity index is 480. The van der Waals surface area contributed by atoms with E-state index in [-0.39, 0.29) is 11.7 Å². The molecule has 0 bridgehead atoms. The highest BCUT2D eigenvalue weighted by molar-refractivity contribution is 7.16. The fourth-order valence-corrected chi connectivity index (χ4v) is 3.07. The number of thiophene rings is 1. The lowest BCUT2D eigenvalue weighted by Gasteiger charge is -2.14. The lowest BCUT2D eigenvalue weighted by atomic mass is 9.94. The van der Waals surface area contributed by atoms with Crippen LogP contribution in [0.3, 0.4) is 0 Å². The first-order chi connectivity index (χ1) is 8.20. The van der Waals surface area contributed by atoms with Gasteiger partial charge in [0.15, 0.2) is 0 Å². The molecule has 2 aromatic rings. The van der Waals surface area contributed by atoms with Crippen molar-refractivity contribution in [1.82, 2.24) is 0 Å². The van der Waals surface area contributed by atoms with Gasteiger partial charge in [0.2, 0.25) is 0 Å². The molecule has 1 unspecified atom stereocenters. The number of rotatable bonds is 4. The van der Waals surface area contributed by atoms with Crippen LogP contribution in [0.25, 0.3) is 0 Å². The van der Waals surface area contributed by atoms with Gasteiger partial charge < -0.3 is 5.73 Å². The molecule has 90 valence electrons. The maximum atomic E-state index is 12.9. The van der Waals surface area contributed by atoms with Gasteiger partial charge in [-0.3, -0.25) is 0 Å². The highest BCUT2D eigenvalue weighted by Gasteiger charge is 2.15. The van der Waals surface area contributed by atoms with Gasteiger partial charge in [0.1, 0.15) is 5.82 Å². The number of benzene rings is 1. The smallest absolute Gasteiger partial charge is 0.123 e. The molecule has 1 nitrogen and oxygen atoms in total. The first-order valence-corrected chi connectivity index (χ1v) is 6.61. The summed E-state index contributed by atoms with van der Waals surface area (Å²) in [5.74, 6) is -0.0115. The first-order valence-electron chi connectivity index (χ1n) is 5.41. The highest BCUT2D eigenvalue weighted by Crippen LogP contribution is 2.34. The van der Waals surface area contributed by atoms with Crippen molar-refractivity contribution >= 4 is 22.9 Å². The van der Waals surface area contributed by atoms with E-state index < -0.39 is 0 Å². The summed E-state index contributed by atoms with van der Waals surface area (Å²) in [6.45, 7) is 0.595. The van der Waals surface area contributed by atoms with Gasteiger partial charge in [-0.15, -0.1) is 11.3 Å². The lowest BCUT2D eigenvalue weighted by Crippen LogP contribution is -2.07. The molecule has 0 aliphatic heterocycles. The number of halogens is 2. The van der Waals surface area contributed by atoms with E-state index in [2.05, 4.69) is 0 Å². The van der Waals surface area contributed by atoms with Crippen molar-refractivity contribution in [3.05, 3.63) is 57.0 Å². The van der Waals surface area contributed by atoms with Crippen LogP contribution < -0.4 is 5.73 Å². The molecule has 0 saturated carbocycles. The number of hydrogen-bond donors (Lipinski definition) is 1. The molecule has 2 N–H and O–H groups in total. The summed E-state index contributed by atoms with van der Waals surface area (Å²) >= 11 is 7.50. The molecule has 2 rings (SSSR count). The van der Waals surface area contributed by atoms with Gasteiger partial charge in [-0.1, -0.05) is 23.7 Å². The molecule has 0 fully saturated rings. The van der Waals surface area contributed by atoms with Gasteiger partial charge in [0, 0.05) is 10.8 Å². The summed E-state index contributed by atoms with van der Waals surface area (Å²) < 4.78 is 13.7. The predicted molar refractivity (Wildman–Crippen MR) is 71.2 cm³/mol. The number of nitrogens with two attached hydrogens (primary N) is 1. The molecule has 1 aromatic heterocycles. The first kappa shape index (κ1) is 12.6. The minimum Gasteiger partial charge on any atom is -0.330 e. The molecule has 0 radical (unpaired) electrons. The second-order valence-corrected chi connectivity index (χ2v) is 5.57. The zero-order chi connectivity index (χ0) is 12.3. The Morgan fingerprint density at radius 3 is 2.41 bits per heavy atom. The second kappa shape index (κ2) is 5.63. The average molecular weight is 270 g/mol. The molecule has 0 aliphatic rings. The predicted octanol–water partition coefficient (Wildman–Crippen LogP) is 4.02. The summed E-state index contributed by atoms with van der Waals surface area (Å²) in [5.41, 5.74) is 6.72. The third kappa shape index (κ3) is 3.06. The Kier molecular flexibility index (Phi) is 4.15. The van der Waals surface area contributed by atoms with Crippen LogP contribution in [0.15, 0.2) is 36.4 Å². The molecule has 1 aromatic carbocycles. The van der Waals surface area contributed by atoms with E-state index in [1.54, 1.807) is 11.3 Å². The molecular weight excluding hydrogens is 257 g/mol. The van der Waals surface area contributed by atoms with Gasteiger partial charge in [-0.2, -0.15) is 0 Å². The third-order valence-corrected chi connectivity index (χ3v) is 4.01. The van der Waals surface area contributed by atoms with E-state index in [0.29, 0.717) is 6.54 Å². The largest absolute Gasteiger partial charge is 0.330 e. The summed E-state index contributed by atoms with van der Waals surface area (Å²) in [5, 5.41) is 0. The summed E-state index contributed by atoms with van der Waals surface area (Å²) in [4.78, 5) is 1.17. The minimum atomic E-state index is -0.218. The topological polar surface area (TPSA) is 26.0 Å². The van der Waals surface area contributed by atoms with Crippen molar-refractivity contribution in [2.75, 3.05) is 6.54 Å². The summed E-state index contributed by atoms with van der Waals surface area (Å²) in [6, 6.07) is 10.5. The molecule has 4 heteroatoms. The van der Waals surface area contributed by atoms with E-state index in [1.165, 1.54) is 17.0 Å². The Hall–Kier alpha value is -0.900. The van der Waals surface area contributed by atoms with Crippen LogP contribution in [-0.4, -0.2) is 6.54 Å². The Morgan fingerprint density at radius 2 is 1.88 bits per heavy atom. The molecular formula is C13H13ClFNS. The van der Waals surface area contributed by atoms with Crippen molar-refractivity contribution in [1.29, 1.82) is 0 Å². The summed E-state index contributed by atoms with van der Waals surface area (Å²) in [7, 11) is 0. The van der Waals surface area contributed by atoms with Crippen molar-refractivity contribution in [3.63, 3.8) is 0 Å². The average Bonchev–Trinajstić information content (AvgIpc) is 2.74. The molecule has 17 heavy (non-hydrogen) atoms. The SMILES string of the molecule is NCCC(c1ccc(F)cc1)c1ccc(Cl)s1. The minimum absolute atomic E-state index is 0.207. The molecule has 0 spiro atoms. The van der Waals surface area contributed by atoms with Gasteiger partial charge in [-0.25, -0.2) is 4.39 Å². The second-order valence-electron chi connectivity index (χ2n) is 3.82. The van der Waals surface area contributed by atoms with Crippen LogP contribution in [0.5, 0.6) is 0 Å². The van der Waals surface area contributed by atoms with Crippen LogP contribution in [0, 0.1) is 5.82 Å². The van der Waals surface area contributed by atoms with Crippen molar-refractivity contribution in [3.8, 4) is 0 Å². The summed E-state index contributed by atoms with van der Waals surface area (Å²) in [6.07, 6.45) is 0.836. The van der Waals surface area contributed by atoms with Crippen molar-refractivity contribution in [2.45, 2.75) is 12.3 Å². The Balaban J connectivity index is 2.31. The van der Waals surface area contributed by atoms with Gasteiger partial charge >= 0.3 is 0 Å². The van der Waals surface area contributed by atoms with E-state index in [1.807, 2.05) is 24.3 Å². The van der Waals surface area contributed by atoms with E-state index in [9.17, 15) is 4.39 Å². The van der Waals surface area contributed by atoms with Gasteiger partial charge in [0.05, 0.1) is 4.34 Å². The lowest BCUT2D eigenvalue weighted by molar-refractivity contribution is 0.625. The van der Waals surface area contributed by atoms with Crippen LogP contribution in [0.2, 0.25) is 4.34 Å². The molecule has 1 atom stereocenters. The Labute approximate surface area is 109 Å². The van der Waals surface area contributed by atoms with Crippen LogP contribution >= 0.6 is 22.9 Å². The van der Waals surface area contributed by atoms with Crippen LogP contribution in [0.4, 0.5) is 4.39 Å². The normalized spacial score (nSPS) is 12.6. The fourth-order valence-electron chi connectivity index (χ4n) is 1.85. The third-order valence-electron chi connectivity index (χ3n) is 2.67. The van der Waals surface area contributed by atoms with E-state index >= 15 is 0 Å².